The molecule has 0 bridgehead atoms. The molecule has 1 aliphatic rings. The Morgan fingerprint density at radius 1 is 0.973 bits per heavy atom. The highest BCUT2D eigenvalue weighted by molar-refractivity contribution is 5.96. The summed E-state index contributed by atoms with van der Waals surface area (Å²) >= 11 is 0. The van der Waals surface area contributed by atoms with Gasteiger partial charge in [0.05, 0.1) is 6.54 Å². The minimum atomic E-state index is -0.249. The Bertz CT molecular complexity index is 1150. The summed E-state index contributed by atoms with van der Waals surface area (Å²) < 4.78 is 15.5. The predicted octanol–water partition coefficient (Wildman–Crippen LogP) is 6.28. The van der Waals surface area contributed by atoms with Crippen molar-refractivity contribution >= 4 is 11.8 Å². The van der Waals surface area contributed by atoms with Gasteiger partial charge >= 0.3 is 0 Å². The summed E-state index contributed by atoms with van der Waals surface area (Å²) in [4.78, 5) is 31.1. The molecule has 0 N–H and O–H groups in total. The summed E-state index contributed by atoms with van der Waals surface area (Å²) in [7, 11) is 0. The standard InChI is InChI=1S/C31H38FN3O2/c1-3-24(2)34(31(37)26-11-6-4-7-12-26)23-30(36)35(28-13-8-5-9-14-28)22-29-15-10-20-33(29)21-25-16-18-27(32)19-17-25/h4,6-7,10-12,15-20,24,28H,3,5,8-9,13-14,21-23H2,1-2H3. The number of carbonyl (C=O) groups is 2. The summed E-state index contributed by atoms with van der Waals surface area (Å²) in [5, 5.41) is 0. The summed E-state index contributed by atoms with van der Waals surface area (Å²) in [6, 6.07) is 19.9. The van der Waals surface area contributed by atoms with Crippen LogP contribution in [0.4, 0.5) is 4.39 Å². The first-order valence-electron chi connectivity index (χ1n) is 13.5. The lowest BCUT2D eigenvalue weighted by Gasteiger charge is -2.37. The normalized spacial score (nSPS) is 14.8. The first-order valence-corrected chi connectivity index (χ1v) is 13.5. The van der Waals surface area contributed by atoms with Crippen molar-refractivity contribution in [1.29, 1.82) is 0 Å². The number of aromatic nitrogens is 1. The number of benzene rings is 2. The van der Waals surface area contributed by atoms with Gasteiger partial charge in [-0.15, -0.1) is 0 Å². The Kier molecular flexibility index (Phi) is 9.15. The molecule has 1 atom stereocenters. The summed E-state index contributed by atoms with van der Waals surface area (Å²) in [6.45, 7) is 5.22. The van der Waals surface area contributed by atoms with E-state index in [1.54, 1.807) is 17.0 Å². The molecule has 0 aliphatic heterocycles. The van der Waals surface area contributed by atoms with E-state index in [9.17, 15) is 14.0 Å². The molecule has 196 valence electrons. The maximum atomic E-state index is 13.9. The Morgan fingerprint density at radius 2 is 1.68 bits per heavy atom. The van der Waals surface area contributed by atoms with Gasteiger partial charge in [0.1, 0.15) is 12.4 Å². The number of carbonyl (C=O) groups excluding carboxylic acids is 2. The molecule has 2 amide bonds. The third-order valence-corrected chi connectivity index (χ3v) is 7.57. The first kappa shape index (κ1) is 26.6. The van der Waals surface area contributed by atoms with Crippen LogP contribution >= 0.6 is 0 Å². The van der Waals surface area contributed by atoms with Gasteiger partial charge in [0, 0.05) is 36.1 Å². The average molecular weight is 504 g/mol. The van der Waals surface area contributed by atoms with Crippen molar-refractivity contribution in [3.8, 4) is 0 Å². The Labute approximate surface area is 219 Å². The lowest BCUT2D eigenvalue weighted by Crippen LogP contribution is -2.49. The monoisotopic (exact) mass is 503 g/mol. The highest BCUT2D eigenvalue weighted by atomic mass is 19.1. The Hall–Kier alpha value is -3.41. The number of amides is 2. The van der Waals surface area contributed by atoms with E-state index < -0.39 is 0 Å². The van der Waals surface area contributed by atoms with E-state index >= 15 is 0 Å². The van der Waals surface area contributed by atoms with Gasteiger partial charge in [-0.05, 0) is 68.1 Å². The van der Waals surface area contributed by atoms with E-state index in [0.29, 0.717) is 18.7 Å². The van der Waals surface area contributed by atoms with Crippen molar-refractivity contribution < 1.29 is 14.0 Å². The summed E-state index contributed by atoms with van der Waals surface area (Å²) in [5.41, 5.74) is 2.64. The van der Waals surface area contributed by atoms with Crippen LogP contribution < -0.4 is 0 Å². The fraction of sp³-hybridized carbons (Fsp3) is 0.419. The van der Waals surface area contributed by atoms with Crippen LogP contribution in [0.1, 0.15) is 74.0 Å². The van der Waals surface area contributed by atoms with Crippen molar-refractivity contribution in [3.63, 3.8) is 0 Å². The molecule has 5 nitrogen and oxygen atoms in total. The van der Waals surface area contributed by atoms with Crippen LogP contribution in [0.25, 0.3) is 0 Å². The summed E-state index contributed by atoms with van der Waals surface area (Å²) in [5.74, 6) is -0.362. The van der Waals surface area contributed by atoms with Gasteiger partial charge in [-0.2, -0.15) is 0 Å². The number of hydrogen-bond donors (Lipinski definition) is 0. The largest absolute Gasteiger partial charge is 0.345 e. The third-order valence-electron chi connectivity index (χ3n) is 7.57. The molecule has 0 saturated heterocycles. The molecule has 1 fully saturated rings. The van der Waals surface area contributed by atoms with E-state index in [-0.39, 0.29) is 36.3 Å². The molecule has 0 radical (unpaired) electrons. The van der Waals surface area contributed by atoms with E-state index in [0.717, 1.165) is 43.4 Å². The molecule has 3 aromatic rings. The van der Waals surface area contributed by atoms with Crippen molar-refractivity contribution in [3.05, 3.63) is 95.6 Å². The van der Waals surface area contributed by atoms with Gasteiger partial charge < -0.3 is 14.4 Å². The SMILES string of the molecule is CCC(C)N(CC(=O)N(Cc1cccn1Cc1ccc(F)cc1)C1CCCCC1)C(=O)c1ccccc1. The van der Waals surface area contributed by atoms with Crippen LogP contribution in [-0.4, -0.2) is 44.8 Å². The van der Waals surface area contributed by atoms with Crippen molar-refractivity contribution in [1.82, 2.24) is 14.4 Å². The highest BCUT2D eigenvalue weighted by Crippen LogP contribution is 2.25. The Balaban J connectivity index is 1.56. The van der Waals surface area contributed by atoms with Crippen molar-refractivity contribution in [2.24, 2.45) is 0 Å². The topological polar surface area (TPSA) is 45.6 Å². The fourth-order valence-electron chi connectivity index (χ4n) is 5.15. The first-order chi connectivity index (χ1) is 18.0. The Morgan fingerprint density at radius 3 is 2.35 bits per heavy atom. The highest BCUT2D eigenvalue weighted by Gasteiger charge is 2.30. The molecule has 0 spiro atoms. The molecule has 2 aromatic carbocycles. The molecular weight excluding hydrogens is 465 g/mol. The van der Waals surface area contributed by atoms with Crippen LogP contribution in [0.2, 0.25) is 0 Å². The fourth-order valence-corrected chi connectivity index (χ4v) is 5.15. The molecular formula is C31H38FN3O2. The van der Waals surface area contributed by atoms with Gasteiger partial charge in [0.25, 0.3) is 5.91 Å². The maximum absolute atomic E-state index is 13.9. The second-order valence-corrected chi connectivity index (χ2v) is 10.1. The third kappa shape index (κ3) is 6.88. The number of halogens is 1. The number of hydrogen-bond acceptors (Lipinski definition) is 2. The lowest BCUT2D eigenvalue weighted by atomic mass is 9.94. The quantitative estimate of drug-likeness (QED) is 0.327. The van der Waals surface area contributed by atoms with Crippen LogP contribution in [-0.2, 0) is 17.9 Å². The zero-order valence-electron chi connectivity index (χ0n) is 22.0. The maximum Gasteiger partial charge on any atom is 0.254 e. The smallest absolute Gasteiger partial charge is 0.254 e. The number of nitrogens with zero attached hydrogens (tertiary/aromatic N) is 3. The van der Waals surface area contributed by atoms with E-state index in [4.69, 9.17) is 0 Å². The molecule has 4 rings (SSSR count). The van der Waals surface area contributed by atoms with Gasteiger partial charge in [0.2, 0.25) is 5.91 Å². The van der Waals surface area contributed by atoms with Crippen molar-refractivity contribution in [2.75, 3.05) is 6.54 Å². The lowest BCUT2D eigenvalue weighted by molar-refractivity contribution is -0.136. The van der Waals surface area contributed by atoms with E-state index in [2.05, 4.69) is 4.57 Å². The van der Waals surface area contributed by atoms with Gasteiger partial charge in [-0.3, -0.25) is 9.59 Å². The number of rotatable bonds is 10. The molecule has 1 unspecified atom stereocenters. The zero-order chi connectivity index (χ0) is 26.2. The molecule has 37 heavy (non-hydrogen) atoms. The average Bonchev–Trinajstić information content (AvgIpc) is 3.38. The van der Waals surface area contributed by atoms with Gasteiger partial charge in [-0.25, -0.2) is 4.39 Å². The molecule has 1 aliphatic carbocycles. The van der Waals surface area contributed by atoms with Crippen LogP contribution in [0.15, 0.2) is 72.9 Å². The second kappa shape index (κ2) is 12.7. The molecule has 1 saturated carbocycles. The minimum Gasteiger partial charge on any atom is -0.345 e. The minimum absolute atomic E-state index is 0.00832. The predicted molar refractivity (Wildman–Crippen MR) is 145 cm³/mol. The second-order valence-electron chi connectivity index (χ2n) is 10.1. The van der Waals surface area contributed by atoms with Crippen molar-refractivity contribution in [2.45, 2.75) is 77.5 Å². The zero-order valence-corrected chi connectivity index (χ0v) is 22.0. The van der Waals surface area contributed by atoms with Crippen LogP contribution in [0.5, 0.6) is 0 Å². The van der Waals surface area contributed by atoms with Gasteiger partial charge in [-0.1, -0.05) is 56.5 Å². The molecule has 1 heterocycles. The van der Waals surface area contributed by atoms with E-state index in [1.807, 2.05) is 67.4 Å². The molecule has 1 aromatic heterocycles. The van der Waals surface area contributed by atoms with Gasteiger partial charge in [0.15, 0.2) is 0 Å². The summed E-state index contributed by atoms with van der Waals surface area (Å²) in [6.07, 6.45) is 8.18. The van der Waals surface area contributed by atoms with Crippen LogP contribution in [0, 0.1) is 5.82 Å². The van der Waals surface area contributed by atoms with Crippen LogP contribution in [0.3, 0.4) is 0 Å². The van der Waals surface area contributed by atoms with E-state index in [1.165, 1.54) is 18.6 Å². The molecule has 6 heteroatoms.